The number of ether oxygens (including phenoxy) is 1. The van der Waals surface area contributed by atoms with Gasteiger partial charge >= 0.3 is 0 Å². The summed E-state index contributed by atoms with van der Waals surface area (Å²) in [7, 11) is 0. The van der Waals surface area contributed by atoms with Gasteiger partial charge in [-0.25, -0.2) is 13.8 Å². The molecule has 0 radical (unpaired) electrons. The molecule has 0 N–H and O–H groups in total. The first kappa shape index (κ1) is 17.5. The van der Waals surface area contributed by atoms with Crippen molar-refractivity contribution in [1.82, 2.24) is 15.0 Å². The normalized spacial score (nSPS) is 18.4. The minimum absolute atomic E-state index is 0.369. The van der Waals surface area contributed by atoms with E-state index >= 15 is 0 Å². The molecule has 2 atom stereocenters. The molecular weight excluding hydrogens is 348 g/mol. The Kier molecular flexibility index (Phi) is 4.56. The van der Waals surface area contributed by atoms with Crippen LogP contribution in [0.3, 0.4) is 0 Å². The Labute approximate surface area is 156 Å². The quantitative estimate of drug-likeness (QED) is 0.660. The zero-order valence-corrected chi connectivity index (χ0v) is 15.1. The largest absolute Gasteiger partial charge is 0.477 e. The summed E-state index contributed by atoms with van der Waals surface area (Å²) in [6.45, 7) is 4.27. The summed E-state index contributed by atoms with van der Waals surface area (Å²) in [5, 5.41) is 0. The average Bonchev–Trinajstić information content (AvgIpc) is 3.43. The van der Waals surface area contributed by atoms with Crippen LogP contribution in [0, 0.1) is 31.4 Å². The summed E-state index contributed by atoms with van der Waals surface area (Å²) in [5.41, 5.74) is 3.25. The molecule has 0 amide bonds. The fourth-order valence-electron chi connectivity index (χ4n) is 3.10. The summed E-state index contributed by atoms with van der Waals surface area (Å²) < 4.78 is 32.8. The van der Waals surface area contributed by atoms with Crippen molar-refractivity contribution in [3.8, 4) is 17.0 Å². The summed E-state index contributed by atoms with van der Waals surface area (Å²) in [6.07, 6.45) is 4.47. The van der Waals surface area contributed by atoms with Crippen LogP contribution in [0.2, 0.25) is 0 Å². The molecular formula is C21H19F2N3O. The number of rotatable bonds is 5. The van der Waals surface area contributed by atoms with Crippen LogP contribution in [0.15, 0.2) is 42.7 Å². The van der Waals surface area contributed by atoms with Crippen LogP contribution in [0.1, 0.15) is 29.4 Å². The molecule has 0 saturated heterocycles. The molecule has 1 unspecified atom stereocenters. The number of hydrogen-bond donors (Lipinski definition) is 0. The highest BCUT2D eigenvalue weighted by Crippen LogP contribution is 2.47. The van der Waals surface area contributed by atoms with Gasteiger partial charge in [0, 0.05) is 29.9 Å². The Morgan fingerprint density at radius 3 is 2.63 bits per heavy atom. The molecule has 0 bridgehead atoms. The number of nitrogens with zero attached hydrogens (tertiary/aromatic N) is 3. The van der Waals surface area contributed by atoms with Crippen molar-refractivity contribution in [2.75, 3.05) is 6.61 Å². The van der Waals surface area contributed by atoms with E-state index in [1.54, 1.807) is 13.1 Å². The van der Waals surface area contributed by atoms with Gasteiger partial charge in [-0.2, -0.15) is 4.98 Å². The molecule has 1 aliphatic carbocycles. The van der Waals surface area contributed by atoms with Gasteiger partial charge in [-0.1, -0.05) is 12.1 Å². The van der Waals surface area contributed by atoms with Crippen molar-refractivity contribution in [1.29, 1.82) is 0 Å². The highest BCUT2D eigenvalue weighted by molar-refractivity contribution is 5.67. The molecule has 2 aromatic heterocycles. The fraction of sp³-hybridized carbons (Fsp3) is 0.286. The van der Waals surface area contributed by atoms with Crippen LogP contribution < -0.4 is 4.74 Å². The number of hydrogen-bond acceptors (Lipinski definition) is 4. The molecule has 6 heteroatoms. The van der Waals surface area contributed by atoms with E-state index in [1.165, 1.54) is 6.07 Å². The van der Waals surface area contributed by atoms with E-state index in [0.29, 0.717) is 41.3 Å². The lowest BCUT2D eigenvalue weighted by Gasteiger charge is -2.11. The van der Waals surface area contributed by atoms with E-state index in [9.17, 15) is 8.78 Å². The number of pyridine rings is 1. The Morgan fingerprint density at radius 2 is 1.89 bits per heavy atom. The van der Waals surface area contributed by atoms with Crippen molar-refractivity contribution in [3.05, 3.63) is 71.4 Å². The molecule has 3 aromatic rings. The topological polar surface area (TPSA) is 47.9 Å². The molecule has 138 valence electrons. The van der Waals surface area contributed by atoms with Gasteiger partial charge in [0.05, 0.1) is 12.2 Å². The van der Waals surface area contributed by atoms with E-state index in [1.807, 2.05) is 13.1 Å². The van der Waals surface area contributed by atoms with Crippen LogP contribution in [0.4, 0.5) is 8.78 Å². The van der Waals surface area contributed by atoms with Crippen molar-refractivity contribution in [3.63, 3.8) is 0 Å². The molecule has 1 aliphatic rings. The van der Waals surface area contributed by atoms with E-state index in [0.717, 1.165) is 29.8 Å². The van der Waals surface area contributed by atoms with Gasteiger partial charge in [-0.15, -0.1) is 0 Å². The predicted octanol–water partition coefficient (Wildman–Crippen LogP) is 4.62. The van der Waals surface area contributed by atoms with Gasteiger partial charge in [0.2, 0.25) is 5.88 Å². The number of halogens is 2. The maximum atomic E-state index is 13.6. The first-order chi connectivity index (χ1) is 13.0. The molecule has 1 saturated carbocycles. The van der Waals surface area contributed by atoms with E-state index in [-0.39, 0.29) is 0 Å². The van der Waals surface area contributed by atoms with Gasteiger partial charge in [0.15, 0.2) is 11.6 Å². The fourth-order valence-corrected chi connectivity index (χ4v) is 3.10. The lowest BCUT2D eigenvalue weighted by molar-refractivity contribution is 0.285. The third kappa shape index (κ3) is 3.79. The van der Waals surface area contributed by atoms with Crippen molar-refractivity contribution in [2.45, 2.75) is 26.2 Å². The second kappa shape index (κ2) is 7.02. The van der Waals surface area contributed by atoms with Gasteiger partial charge in [0.25, 0.3) is 0 Å². The van der Waals surface area contributed by atoms with E-state index in [4.69, 9.17) is 4.74 Å². The van der Waals surface area contributed by atoms with Crippen molar-refractivity contribution >= 4 is 0 Å². The summed E-state index contributed by atoms with van der Waals surface area (Å²) in [5.74, 6) is -0.0965. The third-order valence-electron chi connectivity index (χ3n) is 4.78. The van der Waals surface area contributed by atoms with Crippen LogP contribution in [-0.2, 0) is 0 Å². The highest BCUT2D eigenvalue weighted by Gasteiger charge is 2.40. The molecule has 4 rings (SSSR count). The maximum absolute atomic E-state index is 13.6. The van der Waals surface area contributed by atoms with Gasteiger partial charge in [0.1, 0.15) is 5.82 Å². The Morgan fingerprint density at radius 1 is 1.04 bits per heavy atom. The zero-order valence-electron chi connectivity index (χ0n) is 15.1. The Balaban J connectivity index is 1.50. The van der Waals surface area contributed by atoms with Crippen molar-refractivity contribution < 1.29 is 13.5 Å². The Hall–Kier alpha value is -2.89. The van der Waals surface area contributed by atoms with E-state index < -0.39 is 11.6 Å². The van der Waals surface area contributed by atoms with Gasteiger partial charge in [-0.05, 0) is 49.6 Å². The smallest absolute Gasteiger partial charge is 0.224 e. The summed E-state index contributed by atoms with van der Waals surface area (Å²) in [4.78, 5) is 13.0. The van der Waals surface area contributed by atoms with Crippen LogP contribution in [-0.4, -0.2) is 21.6 Å². The minimum Gasteiger partial charge on any atom is -0.477 e. The number of aromatic nitrogens is 3. The Bertz CT molecular complexity index is 976. The molecule has 1 fully saturated rings. The molecule has 2 heterocycles. The summed E-state index contributed by atoms with van der Waals surface area (Å²) in [6, 6.07) is 7.84. The maximum Gasteiger partial charge on any atom is 0.224 e. The van der Waals surface area contributed by atoms with Crippen molar-refractivity contribution in [2.24, 2.45) is 5.92 Å². The second-order valence-corrected chi connectivity index (χ2v) is 6.94. The van der Waals surface area contributed by atoms with Gasteiger partial charge < -0.3 is 4.74 Å². The lowest BCUT2D eigenvalue weighted by Crippen LogP contribution is -2.06. The number of benzene rings is 1. The molecule has 27 heavy (non-hydrogen) atoms. The number of aryl methyl sites for hydroxylation is 2. The lowest BCUT2D eigenvalue weighted by atomic mass is 10.1. The SMILES string of the molecule is Cc1ccc(C2C[C@@H]2COc2nc(C)ncc2-c2ccc(F)c(F)c2)nc1. The second-order valence-electron chi connectivity index (χ2n) is 6.94. The standard InChI is InChI=1S/C21H19F2N3O/c1-12-3-6-20(25-9-12)16-7-15(16)11-27-21-17(10-24-13(2)26-21)14-4-5-18(22)19(23)8-14/h3-6,8-10,15-16H,7,11H2,1-2H3/t15-,16?/m1/s1. The molecule has 0 aliphatic heterocycles. The first-order valence-corrected chi connectivity index (χ1v) is 8.85. The highest BCUT2D eigenvalue weighted by atomic mass is 19.2. The van der Waals surface area contributed by atoms with Crippen LogP contribution in [0.25, 0.3) is 11.1 Å². The molecule has 1 aromatic carbocycles. The van der Waals surface area contributed by atoms with E-state index in [2.05, 4.69) is 27.1 Å². The first-order valence-electron chi connectivity index (χ1n) is 8.85. The zero-order chi connectivity index (χ0) is 19.0. The minimum atomic E-state index is -0.910. The van der Waals surface area contributed by atoms with Gasteiger partial charge in [-0.3, -0.25) is 4.98 Å². The summed E-state index contributed by atoms with van der Waals surface area (Å²) >= 11 is 0. The third-order valence-corrected chi connectivity index (χ3v) is 4.78. The van der Waals surface area contributed by atoms with Crippen LogP contribution in [0.5, 0.6) is 5.88 Å². The molecule has 0 spiro atoms. The monoisotopic (exact) mass is 367 g/mol. The van der Waals surface area contributed by atoms with Crippen LogP contribution >= 0.6 is 0 Å². The predicted molar refractivity (Wildman–Crippen MR) is 97.4 cm³/mol. The average molecular weight is 367 g/mol. The molecule has 4 nitrogen and oxygen atoms in total.